The third-order valence-corrected chi connectivity index (χ3v) is 6.27. The number of nitrogens with zero attached hydrogens (tertiary/aromatic N) is 2. The number of aryl methyl sites for hydroxylation is 1. The maximum atomic E-state index is 6.19. The molecule has 0 amide bonds. The molecule has 0 radical (unpaired) electrons. The van der Waals surface area contributed by atoms with Crippen molar-refractivity contribution in [3.8, 4) is 0 Å². The molecule has 3 heterocycles. The highest BCUT2D eigenvalue weighted by molar-refractivity contribution is 7.09. The minimum atomic E-state index is 0.0758. The number of hydrogen-bond donors (Lipinski definition) is 0. The van der Waals surface area contributed by atoms with Gasteiger partial charge in [0.25, 0.3) is 0 Å². The third-order valence-electron chi connectivity index (χ3n) is 5.45. The fourth-order valence-electron chi connectivity index (χ4n) is 4.00. The predicted octanol–water partition coefficient (Wildman–Crippen LogP) is 3.00. The second kappa shape index (κ2) is 6.19. The Kier molecular flexibility index (Phi) is 4.24. The normalized spacial score (nSPS) is 32.9. The highest BCUT2D eigenvalue weighted by Gasteiger charge is 2.46. The Labute approximate surface area is 136 Å². The molecule has 122 valence electrons. The maximum Gasteiger partial charge on any atom is 0.0901 e. The minimum Gasteiger partial charge on any atom is -0.371 e. The number of rotatable bonds is 5. The van der Waals surface area contributed by atoms with Crippen LogP contribution in [0.2, 0.25) is 0 Å². The van der Waals surface area contributed by atoms with Gasteiger partial charge < -0.3 is 14.4 Å². The molecule has 0 N–H and O–H groups in total. The third kappa shape index (κ3) is 3.23. The van der Waals surface area contributed by atoms with Crippen LogP contribution in [-0.4, -0.2) is 47.8 Å². The average molecular weight is 322 g/mol. The molecule has 1 aromatic rings. The van der Waals surface area contributed by atoms with Gasteiger partial charge in [-0.25, -0.2) is 4.98 Å². The van der Waals surface area contributed by atoms with Crippen LogP contribution < -0.4 is 0 Å². The number of ether oxygens (including phenoxy) is 2. The smallest absolute Gasteiger partial charge is 0.0901 e. The van der Waals surface area contributed by atoms with Crippen molar-refractivity contribution < 1.29 is 9.47 Å². The van der Waals surface area contributed by atoms with E-state index in [0.29, 0.717) is 6.61 Å². The first-order chi connectivity index (χ1) is 10.7. The molecule has 1 spiro atoms. The second-order valence-electron chi connectivity index (χ2n) is 7.27. The van der Waals surface area contributed by atoms with Gasteiger partial charge in [-0.1, -0.05) is 6.42 Å². The van der Waals surface area contributed by atoms with E-state index in [1.54, 1.807) is 11.3 Å². The molecule has 4 rings (SSSR count). The van der Waals surface area contributed by atoms with Gasteiger partial charge >= 0.3 is 0 Å². The molecule has 1 saturated carbocycles. The summed E-state index contributed by atoms with van der Waals surface area (Å²) in [5.41, 5.74) is 1.13. The monoisotopic (exact) mass is 322 g/mol. The maximum absolute atomic E-state index is 6.19. The molecule has 22 heavy (non-hydrogen) atoms. The standard InChI is InChI=1S/C17H26N2O2S/c1-13-18-15(11-22-13)9-20-16-7-17(21-10-16)5-6-19(12-17)8-14-3-2-4-14/h11,14,16H,2-10,12H2,1H3/t16-,17-/m0/s1. The van der Waals surface area contributed by atoms with E-state index < -0.39 is 0 Å². The molecule has 1 aromatic heterocycles. The van der Waals surface area contributed by atoms with E-state index in [9.17, 15) is 0 Å². The number of hydrogen-bond acceptors (Lipinski definition) is 5. The van der Waals surface area contributed by atoms with Crippen molar-refractivity contribution in [1.82, 2.24) is 9.88 Å². The lowest BCUT2D eigenvalue weighted by Crippen LogP contribution is -2.36. The van der Waals surface area contributed by atoms with Crippen molar-refractivity contribution in [3.05, 3.63) is 16.1 Å². The van der Waals surface area contributed by atoms with E-state index in [4.69, 9.17) is 9.47 Å². The Balaban J connectivity index is 1.25. The Hall–Kier alpha value is -0.490. The number of aromatic nitrogens is 1. The zero-order valence-electron chi connectivity index (χ0n) is 13.4. The summed E-state index contributed by atoms with van der Waals surface area (Å²) in [6.07, 6.45) is 6.77. The molecule has 5 heteroatoms. The lowest BCUT2D eigenvalue weighted by atomic mass is 9.85. The summed E-state index contributed by atoms with van der Waals surface area (Å²) in [7, 11) is 0. The zero-order chi connectivity index (χ0) is 15.0. The van der Waals surface area contributed by atoms with Gasteiger partial charge in [-0.3, -0.25) is 0 Å². The van der Waals surface area contributed by atoms with Crippen LogP contribution in [0.15, 0.2) is 5.38 Å². The van der Waals surface area contributed by atoms with E-state index in [-0.39, 0.29) is 11.7 Å². The fourth-order valence-corrected chi connectivity index (χ4v) is 4.59. The van der Waals surface area contributed by atoms with E-state index in [0.717, 1.165) is 36.2 Å². The number of likely N-dealkylation sites (tertiary alicyclic amines) is 1. The Morgan fingerprint density at radius 2 is 2.41 bits per heavy atom. The fraction of sp³-hybridized carbons (Fsp3) is 0.824. The summed E-state index contributed by atoms with van der Waals surface area (Å²) >= 11 is 1.69. The van der Waals surface area contributed by atoms with Crippen molar-refractivity contribution in [3.63, 3.8) is 0 Å². The largest absolute Gasteiger partial charge is 0.371 e. The van der Waals surface area contributed by atoms with E-state index in [2.05, 4.69) is 15.3 Å². The molecular formula is C17H26N2O2S. The van der Waals surface area contributed by atoms with Gasteiger partial charge in [0, 0.05) is 31.4 Å². The first-order valence-corrected chi connectivity index (χ1v) is 9.48. The van der Waals surface area contributed by atoms with Crippen LogP contribution in [0.25, 0.3) is 0 Å². The lowest BCUT2D eigenvalue weighted by molar-refractivity contribution is -0.00161. The van der Waals surface area contributed by atoms with Crippen LogP contribution in [0.5, 0.6) is 0 Å². The van der Waals surface area contributed by atoms with Gasteiger partial charge in [-0.05, 0) is 32.1 Å². The molecule has 4 nitrogen and oxygen atoms in total. The van der Waals surface area contributed by atoms with Crippen molar-refractivity contribution >= 4 is 11.3 Å². The highest BCUT2D eigenvalue weighted by Crippen LogP contribution is 2.38. The molecule has 0 aromatic carbocycles. The SMILES string of the molecule is Cc1nc(CO[C@@H]2CO[C@@]3(CCN(CC4CCC4)C3)C2)cs1. The van der Waals surface area contributed by atoms with Gasteiger partial charge in [-0.15, -0.1) is 11.3 Å². The number of thiazole rings is 1. The van der Waals surface area contributed by atoms with Crippen LogP contribution in [0.3, 0.4) is 0 Å². The van der Waals surface area contributed by atoms with E-state index in [1.807, 2.05) is 6.92 Å². The molecule has 1 aliphatic carbocycles. The summed E-state index contributed by atoms with van der Waals surface area (Å²) in [6.45, 7) is 7.01. The molecule has 0 bridgehead atoms. The molecular weight excluding hydrogens is 296 g/mol. The van der Waals surface area contributed by atoms with Gasteiger partial charge in [0.05, 0.1) is 35.6 Å². The van der Waals surface area contributed by atoms with Crippen LogP contribution in [0.4, 0.5) is 0 Å². The van der Waals surface area contributed by atoms with Crippen molar-refractivity contribution in [1.29, 1.82) is 0 Å². The Morgan fingerprint density at radius 3 is 3.14 bits per heavy atom. The molecule has 3 aliphatic rings. The molecule has 0 unspecified atom stereocenters. The molecule has 2 atom stereocenters. The quantitative estimate of drug-likeness (QED) is 0.835. The van der Waals surface area contributed by atoms with E-state index >= 15 is 0 Å². The van der Waals surface area contributed by atoms with Crippen molar-refractivity contribution in [2.24, 2.45) is 5.92 Å². The van der Waals surface area contributed by atoms with Crippen LogP contribution in [0, 0.1) is 12.8 Å². The van der Waals surface area contributed by atoms with Crippen LogP contribution in [-0.2, 0) is 16.1 Å². The summed E-state index contributed by atoms with van der Waals surface area (Å²) in [5, 5.41) is 3.21. The summed E-state index contributed by atoms with van der Waals surface area (Å²) in [4.78, 5) is 7.09. The Morgan fingerprint density at radius 1 is 1.50 bits per heavy atom. The van der Waals surface area contributed by atoms with Crippen molar-refractivity contribution in [2.45, 2.75) is 57.3 Å². The molecule has 3 fully saturated rings. The van der Waals surface area contributed by atoms with E-state index in [1.165, 1.54) is 38.8 Å². The average Bonchev–Trinajstić information content (AvgIpc) is 3.15. The second-order valence-corrected chi connectivity index (χ2v) is 8.33. The lowest BCUT2D eigenvalue weighted by Gasteiger charge is -2.31. The topological polar surface area (TPSA) is 34.6 Å². The highest BCUT2D eigenvalue weighted by atomic mass is 32.1. The molecule has 2 aliphatic heterocycles. The summed E-state index contributed by atoms with van der Waals surface area (Å²) < 4.78 is 12.2. The molecule has 2 saturated heterocycles. The van der Waals surface area contributed by atoms with Crippen molar-refractivity contribution in [2.75, 3.05) is 26.2 Å². The minimum absolute atomic E-state index is 0.0758. The summed E-state index contributed by atoms with van der Waals surface area (Å²) in [5.74, 6) is 0.955. The Bertz CT molecular complexity index is 517. The van der Waals surface area contributed by atoms with Gasteiger partial charge in [0.15, 0.2) is 0 Å². The first-order valence-electron chi connectivity index (χ1n) is 8.60. The first kappa shape index (κ1) is 15.1. The van der Waals surface area contributed by atoms with Gasteiger partial charge in [-0.2, -0.15) is 0 Å². The van der Waals surface area contributed by atoms with Crippen LogP contribution >= 0.6 is 11.3 Å². The predicted molar refractivity (Wildman–Crippen MR) is 87.1 cm³/mol. The zero-order valence-corrected chi connectivity index (χ0v) is 14.2. The van der Waals surface area contributed by atoms with Crippen LogP contribution in [0.1, 0.15) is 42.8 Å². The summed E-state index contributed by atoms with van der Waals surface area (Å²) in [6, 6.07) is 0. The van der Waals surface area contributed by atoms with Gasteiger partial charge in [0.2, 0.25) is 0 Å². The van der Waals surface area contributed by atoms with Gasteiger partial charge in [0.1, 0.15) is 0 Å².